The van der Waals surface area contributed by atoms with Gasteiger partial charge in [0.25, 0.3) is 0 Å². The Bertz CT molecular complexity index is 1450. The lowest BCUT2D eigenvalue weighted by Gasteiger charge is -2.31. The number of nitrogens with zero attached hydrogens (tertiary/aromatic N) is 1. The molecule has 0 aliphatic heterocycles. The number of benzene rings is 3. The third-order valence-electron chi connectivity index (χ3n) is 8.19. The van der Waals surface area contributed by atoms with Gasteiger partial charge in [0.2, 0.25) is 0 Å². The molecule has 2 aliphatic carbocycles. The molecule has 218 valence electrons. The third kappa shape index (κ3) is 8.16. The molecular weight excluding hydrogens is 526 g/mol. The molecule has 1 atom stereocenters. The van der Waals surface area contributed by atoms with E-state index in [-0.39, 0.29) is 12.3 Å². The number of fused-ring (bicyclic) bond motifs is 1. The summed E-state index contributed by atoms with van der Waals surface area (Å²) >= 11 is 0. The highest BCUT2D eigenvalue weighted by atomic mass is 16.5. The molecule has 0 saturated heterocycles. The first kappa shape index (κ1) is 29.3. The number of para-hydroxylation sites is 1. The summed E-state index contributed by atoms with van der Waals surface area (Å²) in [6, 6.07) is 22.6. The molecule has 2 N–H and O–H groups in total. The zero-order valence-corrected chi connectivity index (χ0v) is 24.1. The zero-order chi connectivity index (χ0) is 29.3. The summed E-state index contributed by atoms with van der Waals surface area (Å²) < 4.78 is 6.28. The molecule has 5 rings (SSSR count). The van der Waals surface area contributed by atoms with Crippen molar-refractivity contribution in [2.24, 2.45) is 11.8 Å². The van der Waals surface area contributed by atoms with Crippen LogP contribution in [-0.4, -0.2) is 35.2 Å². The van der Waals surface area contributed by atoms with E-state index in [9.17, 15) is 14.7 Å². The minimum Gasteiger partial charge on any atom is -0.489 e. The van der Waals surface area contributed by atoms with Crippen LogP contribution < -0.4 is 9.64 Å². The van der Waals surface area contributed by atoms with E-state index >= 15 is 0 Å². The van der Waals surface area contributed by atoms with E-state index in [2.05, 4.69) is 53.1 Å². The number of carboxylic acids is 2. The van der Waals surface area contributed by atoms with Crippen LogP contribution in [0.2, 0.25) is 0 Å². The molecule has 1 saturated carbocycles. The van der Waals surface area contributed by atoms with Gasteiger partial charge in [0, 0.05) is 36.7 Å². The molecule has 1 unspecified atom stereocenters. The molecule has 2 aliphatic rings. The summed E-state index contributed by atoms with van der Waals surface area (Å²) in [7, 11) is 0. The molecule has 42 heavy (non-hydrogen) atoms. The van der Waals surface area contributed by atoms with Gasteiger partial charge in [0.05, 0.1) is 5.92 Å². The summed E-state index contributed by atoms with van der Waals surface area (Å²) in [5.74, 6) is 6.16. The highest BCUT2D eigenvalue weighted by Crippen LogP contribution is 2.34. The minimum absolute atomic E-state index is 0.159. The van der Waals surface area contributed by atoms with Gasteiger partial charge in [-0.2, -0.15) is 0 Å². The van der Waals surface area contributed by atoms with Crippen molar-refractivity contribution in [3.05, 3.63) is 94.5 Å². The Morgan fingerprint density at radius 3 is 2.48 bits per heavy atom. The van der Waals surface area contributed by atoms with Gasteiger partial charge in [-0.15, -0.1) is 0 Å². The Balaban J connectivity index is 1.26. The predicted molar refractivity (Wildman–Crippen MR) is 164 cm³/mol. The first-order chi connectivity index (χ1) is 20.5. The second-order valence-electron chi connectivity index (χ2n) is 11.4. The number of ether oxygens (including phenoxy) is 1. The molecule has 0 radical (unpaired) electrons. The molecule has 0 heterocycles. The Kier molecular flexibility index (Phi) is 9.82. The van der Waals surface area contributed by atoms with E-state index in [1.54, 1.807) is 0 Å². The molecular formula is C36H39NO5. The number of anilines is 1. The average Bonchev–Trinajstić information content (AvgIpc) is 3.83. The van der Waals surface area contributed by atoms with E-state index in [0.717, 1.165) is 66.0 Å². The topological polar surface area (TPSA) is 87.1 Å². The van der Waals surface area contributed by atoms with Crippen LogP contribution in [0.3, 0.4) is 0 Å². The second kappa shape index (κ2) is 14.1. The smallest absolute Gasteiger partial charge is 0.306 e. The van der Waals surface area contributed by atoms with Gasteiger partial charge in [-0.05, 0) is 97.9 Å². The standard InChI is InChI=1S/C36H39NO5/c38-35(39)10-3-4-22-37(33-8-5-7-30-24-31(36(40)41)19-20-32(30)33)23-21-29-6-1-2-9-34(29)42-25-28-17-15-27(16-18-28)14-13-26-11-12-26/h1-2,5-9,15-18,26,31H,3-4,10-12,19-25H2,(H,38,39)(H,40,41). The van der Waals surface area contributed by atoms with E-state index in [1.807, 2.05) is 30.3 Å². The van der Waals surface area contributed by atoms with Gasteiger partial charge in [-0.25, -0.2) is 0 Å². The van der Waals surface area contributed by atoms with E-state index < -0.39 is 11.9 Å². The lowest BCUT2D eigenvalue weighted by molar-refractivity contribution is -0.142. The van der Waals surface area contributed by atoms with Gasteiger partial charge < -0.3 is 19.8 Å². The number of aliphatic carboxylic acids is 2. The highest BCUT2D eigenvalue weighted by molar-refractivity contribution is 5.72. The maximum atomic E-state index is 11.6. The minimum atomic E-state index is -0.773. The van der Waals surface area contributed by atoms with Crippen LogP contribution in [0.1, 0.15) is 66.3 Å². The third-order valence-corrected chi connectivity index (χ3v) is 8.19. The quantitative estimate of drug-likeness (QED) is 0.181. The highest BCUT2D eigenvalue weighted by Gasteiger charge is 2.27. The number of rotatable bonds is 13. The Labute approximate surface area is 248 Å². The maximum Gasteiger partial charge on any atom is 0.306 e. The van der Waals surface area contributed by atoms with Gasteiger partial charge >= 0.3 is 11.9 Å². The number of unbranched alkanes of at least 4 members (excludes halogenated alkanes) is 1. The van der Waals surface area contributed by atoms with Gasteiger partial charge in [-0.3, -0.25) is 9.59 Å². The summed E-state index contributed by atoms with van der Waals surface area (Å²) in [5, 5.41) is 18.7. The fraction of sp³-hybridized carbons (Fsp3) is 0.389. The van der Waals surface area contributed by atoms with Gasteiger partial charge in [0.1, 0.15) is 12.4 Å². The molecule has 3 aromatic rings. The van der Waals surface area contributed by atoms with Crippen molar-refractivity contribution in [1.82, 2.24) is 0 Å². The molecule has 0 bridgehead atoms. The Hall–Kier alpha value is -4.24. The zero-order valence-electron chi connectivity index (χ0n) is 24.1. The van der Waals surface area contributed by atoms with Crippen molar-refractivity contribution in [2.45, 2.75) is 64.4 Å². The summed E-state index contributed by atoms with van der Waals surface area (Å²) in [4.78, 5) is 25.1. The Morgan fingerprint density at radius 1 is 0.905 bits per heavy atom. The van der Waals surface area contributed by atoms with Crippen LogP contribution in [0.15, 0.2) is 66.7 Å². The van der Waals surface area contributed by atoms with Crippen molar-refractivity contribution < 1.29 is 24.5 Å². The number of carbonyl (C=O) groups is 2. The summed E-state index contributed by atoms with van der Waals surface area (Å²) in [6.45, 7) is 1.97. The molecule has 0 spiro atoms. The molecule has 0 aromatic heterocycles. The molecule has 3 aromatic carbocycles. The van der Waals surface area contributed by atoms with Crippen LogP contribution in [-0.2, 0) is 35.5 Å². The average molecular weight is 566 g/mol. The summed E-state index contributed by atoms with van der Waals surface area (Å²) in [5.41, 5.74) is 6.72. The van der Waals surface area contributed by atoms with Gasteiger partial charge in [0.15, 0.2) is 0 Å². The molecule has 6 nitrogen and oxygen atoms in total. The Morgan fingerprint density at radius 2 is 1.71 bits per heavy atom. The monoisotopic (exact) mass is 565 g/mol. The van der Waals surface area contributed by atoms with Crippen LogP contribution in [0.5, 0.6) is 5.75 Å². The van der Waals surface area contributed by atoms with E-state index in [4.69, 9.17) is 9.84 Å². The van der Waals surface area contributed by atoms with E-state index in [1.165, 1.54) is 18.4 Å². The number of carboxylic acid groups (broad SMARTS) is 2. The first-order valence-electron chi connectivity index (χ1n) is 15.1. The SMILES string of the molecule is O=C(O)CCCCN(CCc1ccccc1OCc1ccc(C#CC2CC2)cc1)c1cccc2c1CCC(C(=O)O)C2. The fourth-order valence-electron chi connectivity index (χ4n) is 5.59. The molecule has 6 heteroatoms. The molecule has 0 amide bonds. The predicted octanol–water partition coefficient (Wildman–Crippen LogP) is 6.52. The largest absolute Gasteiger partial charge is 0.489 e. The van der Waals surface area contributed by atoms with E-state index in [0.29, 0.717) is 31.8 Å². The van der Waals surface area contributed by atoms with Crippen molar-refractivity contribution in [2.75, 3.05) is 18.0 Å². The first-order valence-corrected chi connectivity index (χ1v) is 15.1. The number of hydrogen-bond donors (Lipinski definition) is 2. The van der Waals surface area contributed by atoms with Crippen LogP contribution in [0.25, 0.3) is 0 Å². The van der Waals surface area contributed by atoms with Crippen molar-refractivity contribution in [3.63, 3.8) is 0 Å². The van der Waals surface area contributed by atoms with Crippen LogP contribution in [0.4, 0.5) is 5.69 Å². The van der Waals surface area contributed by atoms with Crippen LogP contribution >= 0.6 is 0 Å². The lowest BCUT2D eigenvalue weighted by atomic mass is 9.83. The van der Waals surface area contributed by atoms with Crippen molar-refractivity contribution in [1.29, 1.82) is 0 Å². The summed E-state index contributed by atoms with van der Waals surface area (Å²) in [6.07, 6.45) is 6.69. The molecule has 1 fully saturated rings. The maximum absolute atomic E-state index is 11.6. The lowest BCUT2D eigenvalue weighted by Crippen LogP contribution is -2.30. The van der Waals surface area contributed by atoms with Crippen LogP contribution in [0, 0.1) is 23.7 Å². The van der Waals surface area contributed by atoms with Crippen molar-refractivity contribution in [3.8, 4) is 17.6 Å². The normalized spacial score (nSPS) is 15.7. The van der Waals surface area contributed by atoms with Crippen molar-refractivity contribution >= 4 is 17.6 Å². The second-order valence-corrected chi connectivity index (χ2v) is 11.4. The van der Waals surface area contributed by atoms with Gasteiger partial charge in [-0.1, -0.05) is 54.3 Å². The fourth-order valence-corrected chi connectivity index (χ4v) is 5.59. The number of hydrogen-bond acceptors (Lipinski definition) is 4.